The SMILES string of the molecule is CC(C)C(C)(C)CNCC1CCCc2ccccc21. The summed E-state index contributed by atoms with van der Waals surface area (Å²) in [6.07, 6.45) is 3.95. The van der Waals surface area contributed by atoms with Gasteiger partial charge in [0.2, 0.25) is 0 Å². The third kappa shape index (κ3) is 3.60. The van der Waals surface area contributed by atoms with Crippen molar-refractivity contribution in [3.8, 4) is 0 Å². The van der Waals surface area contributed by atoms with Gasteiger partial charge in [0.05, 0.1) is 0 Å². The van der Waals surface area contributed by atoms with Crippen LogP contribution in [0.2, 0.25) is 0 Å². The van der Waals surface area contributed by atoms with Crippen molar-refractivity contribution in [1.82, 2.24) is 5.32 Å². The quantitative estimate of drug-likeness (QED) is 0.827. The molecule has 1 aromatic carbocycles. The molecule has 1 aromatic rings. The van der Waals surface area contributed by atoms with E-state index in [1.54, 1.807) is 11.1 Å². The van der Waals surface area contributed by atoms with Crippen molar-refractivity contribution in [1.29, 1.82) is 0 Å². The van der Waals surface area contributed by atoms with Crippen molar-refractivity contribution in [2.75, 3.05) is 13.1 Å². The average molecular weight is 259 g/mol. The lowest BCUT2D eigenvalue weighted by molar-refractivity contribution is 0.236. The van der Waals surface area contributed by atoms with Gasteiger partial charge in [0.1, 0.15) is 0 Å². The van der Waals surface area contributed by atoms with E-state index in [1.165, 1.54) is 19.3 Å². The molecule has 1 atom stereocenters. The van der Waals surface area contributed by atoms with Crippen LogP contribution in [0.1, 0.15) is 57.6 Å². The predicted molar refractivity (Wildman–Crippen MR) is 83.6 cm³/mol. The zero-order valence-electron chi connectivity index (χ0n) is 13.0. The highest BCUT2D eigenvalue weighted by Gasteiger charge is 2.23. The summed E-state index contributed by atoms with van der Waals surface area (Å²) in [4.78, 5) is 0. The fourth-order valence-corrected chi connectivity index (χ4v) is 2.84. The molecule has 106 valence electrons. The van der Waals surface area contributed by atoms with Crippen LogP contribution in [0.4, 0.5) is 0 Å². The number of fused-ring (bicyclic) bond motifs is 1. The van der Waals surface area contributed by atoms with E-state index >= 15 is 0 Å². The van der Waals surface area contributed by atoms with Crippen LogP contribution in [-0.2, 0) is 6.42 Å². The van der Waals surface area contributed by atoms with Crippen LogP contribution in [0.5, 0.6) is 0 Å². The number of rotatable bonds is 5. The molecule has 1 nitrogen and oxygen atoms in total. The highest BCUT2D eigenvalue weighted by molar-refractivity contribution is 5.32. The standard InChI is InChI=1S/C18H29N/c1-14(2)18(3,4)13-19-12-16-10-7-9-15-8-5-6-11-17(15)16/h5-6,8,11,14,16,19H,7,9-10,12-13H2,1-4H3. The molecule has 1 N–H and O–H groups in total. The van der Waals surface area contributed by atoms with E-state index in [1.807, 2.05) is 0 Å². The van der Waals surface area contributed by atoms with E-state index in [0.717, 1.165) is 19.0 Å². The summed E-state index contributed by atoms with van der Waals surface area (Å²) in [6, 6.07) is 9.00. The summed E-state index contributed by atoms with van der Waals surface area (Å²) < 4.78 is 0. The number of hydrogen-bond donors (Lipinski definition) is 1. The van der Waals surface area contributed by atoms with Gasteiger partial charge in [0, 0.05) is 13.1 Å². The molecule has 19 heavy (non-hydrogen) atoms. The highest BCUT2D eigenvalue weighted by Crippen LogP contribution is 2.31. The molecule has 0 spiro atoms. The van der Waals surface area contributed by atoms with Gasteiger partial charge in [-0.25, -0.2) is 0 Å². The molecule has 1 unspecified atom stereocenters. The van der Waals surface area contributed by atoms with E-state index < -0.39 is 0 Å². The van der Waals surface area contributed by atoms with Crippen molar-refractivity contribution in [3.05, 3.63) is 35.4 Å². The Morgan fingerprint density at radius 2 is 2.00 bits per heavy atom. The summed E-state index contributed by atoms with van der Waals surface area (Å²) in [7, 11) is 0. The van der Waals surface area contributed by atoms with E-state index in [4.69, 9.17) is 0 Å². The van der Waals surface area contributed by atoms with Crippen molar-refractivity contribution in [3.63, 3.8) is 0 Å². The first-order valence-electron chi connectivity index (χ1n) is 7.79. The Morgan fingerprint density at radius 3 is 2.74 bits per heavy atom. The molecule has 0 bridgehead atoms. The molecule has 0 aromatic heterocycles. The van der Waals surface area contributed by atoms with Crippen LogP contribution >= 0.6 is 0 Å². The molecule has 1 aliphatic rings. The van der Waals surface area contributed by atoms with Crippen LogP contribution < -0.4 is 5.32 Å². The molecule has 0 fully saturated rings. The minimum atomic E-state index is 0.383. The number of benzene rings is 1. The summed E-state index contributed by atoms with van der Waals surface area (Å²) in [5.74, 6) is 1.44. The lowest BCUT2D eigenvalue weighted by atomic mass is 9.80. The maximum Gasteiger partial charge on any atom is 0.00204 e. The molecule has 1 aliphatic carbocycles. The van der Waals surface area contributed by atoms with E-state index in [9.17, 15) is 0 Å². The second-order valence-corrected chi connectivity index (χ2v) is 7.06. The van der Waals surface area contributed by atoms with Crippen molar-refractivity contribution >= 4 is 0 Å². The fraction of sp³-hybridized carbons (Fsp3) is 0.667. The normalized spacial score (nSPS) is 19.5. The topological polar surface area (TPSA) is 12.0 Å². The fourth-order valence-electron chi connectivity index (χ4n) is 2.84. The van der Waals surface area contributed by atoms with Crippen molar-refractivity contribution < 1.29 is 0 Å². The number of nitrogens with one attached hydrogen (secondary N) is 1. The monoisotopic (exact) mass is 259 g/mol. The zero-order valence-corrected chi connectivity index (χ0v) is 13.0. The van der Waals surface area contributed by atoms with E-state index in [0.29, 0.717) is 11.3 Å². The van der Waals surface area contributed by atoms with Crippen molar-refractivity contribution in [2.24, 2.45) is 11.3 Å². The van der Waals surface area contributed by atoms with Gasteiger partial charge in [-0.05, 0) is 47.6 Å². The Balaban J connectivity index is 1.91. The largest absolute Gasteiger partial charge is 0.316 e. The van der Waals surface area contributed by atoms with Gasteiger partial charge < -0.3 is 5.32 Å². The zero-order chi connectivity index (χ0) is 13.9. The van der Waals surface area contributed by atoms with Gasteiger partial charge in [-0.1, -0.05) is 52.0 Å². The third-order valence-electron chi connectivity index (χ3n) is 5.03. The summed E-state index contributed by atoms with van der Waals surface area (Å²) in [5.41, 5.74) is 3.54. The van der Waals surface area contributed by atoms with Gasteiger partial charge in [-0.3, -0.25) is 0 Å². The molecular formula is C18H29N. The molecule has 0 amide bonds. The van der Waals surface area contributed by atoms with E-state index in [2.05, 4.69) is 57.3 Å². The molecule has 0 saturated heterocycles. The smallest absolute Gasteiger partial charge is 0.00204 e. The third-order valence-corrected chi connectivity index (χ3v) is 5.03. The van der Waals surface area contributed by atoms with Gasteiger partial charge in [0.25, 0.3) is 0 Å². The van der Waals surface area contributed by atoms with Crippen LogP contribution in [0.25, 0.3) is 0 Å². The molecule has 1 heteroatoms. The molecule has 0 radical (unpaired) electrons. The van der Waals surface area contributed by atoms with Crippen LogP contribution in [0.3, 0.4) is 0 Å². The minimum absolute atomic E-state index is 0.383. The van der Waals surface area contributed by atoms with Gasteiger partial charge >= 0.3 is 0 Å². The van der Waals surface area contributed by atoms with Crippen molar-refractivity contribution in [2.45, 2.75) is 52.9 Å². The summed E-state index contributed by atoms with van der Waals surface area (Å²) in [5, 5.41) is 3.72. The highest BCUT2D eigenvalue weighted by atomic mass is 14.9. The number of aryl methyl sites for hydroxylation is 1. The van der Waals surface area contributed by atoms with Crippen LogP contribution in [0, 0.1) is 11.3 Å². The Labute approximate surface area is 118 Å². The first-order valence-corrected chi connectivity index (χ1v) is 7.79. The Morgan fingerprint density at radius 1 is 1.26 bits per heavy atom. The maximum atomic E-state index is 3.72. The second-order valence-electron chi connectivity index (χ2n) is 7.06. The molecular weight excluding hydrogens is 230 g/mol. The first-order chi connectivity index (χ1) is 9.00. The summed E-state index contributed by atoms with van der Waals surface area (Å²) >= 11 is 0. The Kier molecular flexibility index (Phi) is 4.67. The maximum absolute atomic E-state index is 3.72. The van der Waals surface area contributed by atoms with Gasteiger partial charge in [-0.15, -0.1) is 0 Å². The summed E-state index contributed by atoms with van der Waals surface area (Å²) in [6.45, 7) is 11.6. The lowest BCUT2D eigenvalue weighted by Gasteiger charge is -2.31. The lowest BCUT2D eigenvalue weighted by Crippen LogP contribution is -2.36. The minimum Gasteiger partial charge on any atom is -0.316 e. The Hall–Kier alpha value is -0.820. The van der Waals surface area contributed by atoms with Crippen LogP contribution in [-0.4, -0.2) is 13.1 Å². The Bertz CT molecular complexity index is 406. The van der Waals surface area contributed by atoms with Gasteiger partial charge in [-0.2, -0.15) is 0 Å². The van der Waals surface area contributed by atoms with Gasteiger partial charge in [0.15, 0.2) is 0 Å². The predicted octanol–water partition coefficient (Wildman–Crippen LogP) is 4.38. The first kappa shape index (κ1) is 14.6. The average Bonchev–Trinajstić information content (AvgIpc) is 2.38. The van der Waals surface area contributed by atoms with Crippen LogP contribution in [0.15, 0.2) is 24.3 Å². The number of hydrogen-bond acceptors (Lipinski definition) is 1. The molecule has 0 aliphatic heterocycles. The van der Waals surface area contributed by atoms with E-state index in [-0.39, 0.29) is 0 Å². The second kappa shape index (κ2) is 6.09. The molecule has 0 saturated carbocycles. The molecule has 0 heterocycles. The molecule has 2 rings (SSSR count).